The molecule has 0 aliphatic rings. The van der Waals surface area contributed by atoms with Gasteiger partial charge in [0, 0.05) is 5.69 Å². The predicted octanol–water partition coefficient (Wildman–Crippen LogP) is 1.53. The Morgan fingerprint density at radius 1 is 1.26 bits per heavy atom. The van der Waals surface area contributed by atoms with Crippen molar-refractivity contribution in [3.63, 3.8) is 0 Å². The molecule has 2 rings (SSSR count). The summed E-state index contributed by atoms with van der Waals surface area (Å²) >= 11 is 2.45. The first-order chi connectivity index (χ1) is 11.1. The quantitative estimate of drug-likeness (QED) is 0.653. The molecule has 23 heavy (non-hydrogen) atoms. The van der Waals surface area contributed by atoms with E-state index in [-0.39, 0.29) is 24.1 Å². The minimum absolute atomic E-state index is 0.0737. The van der Waals surface area contributed by atoms with Gasteiger partial charge in [-0.1, -0.05) is 48.2 Å². The van der Waals surface area contributed by atoms with Crippen LogP contribution in [0.1, 0.15) is 12.5 Å². The molecule has 9 heteroatoms. The molecule has 1 heterocycles. The highest BCUT2D eigenvalue weighted by Gasteiger charge is 2.09. The largest absolute Gasteiger partial charge is 0.374 e. The molecule has 0 aliphatic carbocycles. The average Bonchev–Trinajstić information content (AvgIpc) is 2.97. The van der Waals surface area contributed by atoms with Crippen LogP contribution < -0.4 is 16.4 Å². The molecule has 0 saturated carbocycles. The minimum atomic E-state index is -0.260. The number of aryl methyl sites for hydroxylation is 1. The number of carbonyl (C=O) groups is 2. The van der Waals surface area contributed by atoms with E-state index in [1.165, 1.54) is 23.1 Å². The Labute approximate surface area is 142 Å². The van der Waals surface area contributed by atoms with Gasteiger partial charge in [-0.3, -0.25) is 9.59 Å². The van der Waals surface area contributed by atoms with Gasteiger partial charge in [0.1, 0.15) is 0 Å². The Kier molecular flexibility index (Phi) is 6.36. The molecule has 7 nitrogen and oxygen atoms in total. The summed E-state index contributed by atoms with van der Waals surface area (Å²) in [5.41, 5.74) is 7.28. The second kappa shape index (κ2) is 8.49. The standard InChI is InChI=1S/C14H17N5O2S2/c1-2-9-5-3-4-6-10(9)17-11(20)7-16-12(21)8-22-14-19-18-13(15)23-14/h3-6H,2,7-8H2,1H3,(H2,15,18)(H,16,21)(H,17,20). The lowest BCUT2D eigenvalue weighted by atomic mass is 10.1. The van der Waals surface area contributed by atoms with Crippen LogP contribution in [-0.4, -0.2) is 34.3 Å². The summed E-state index contributed by atoms with van der Waals surface area (Å²) in [6.07, 6.45) is 0.824. The minimum Gasteiger partial charge on any atom is -0.374 e. The van der Waals surface area contributed by atoms with Crippen LogP contribution in [0.3, 0.4) is 0 Å². The third-order valence-corrected chi connectivity index (χ3v) is 4.75. The highest BCUT2D eigenvalue weighted by molar-refractivity contribution is 8.01. The molecule has 2 aromatic rings. The Morgan fingerprint density at radius 2 is 2.04 bits per heavy atom. The van der Waals surface area contributed by atoms with Crippen molar-refractivity contribution in [3.8, 4) is 0 Å². The number of hydrogen-bond donors (Lipinski definition) is 3. The number of hydrogen-bond acceptors (Lipinski definition) is 7. The van der Waals surface area contributed by atoms with Crippen LogP contribution in [0.15, 0.2) is 28.6 Å². The number of amides is 2. The number of para-hydroxylation sites is 1. The summed E-state index contributed by atoms with van der Waals surface area (Å²) < 4.78 is 0.624. The number of nitrogen functional groups attached to an aromatic ring is 1. The van der Waals surface area contributed by atoms with Crippen molar-refractivity contribution in [3.05, 3.63) is 29.8 Å². The Bertz CT molecular complexity index is 689. The Balaban J connectivity index is 1.74. The first-order valence-electron chi connectivity index (χ1n) is 6.94. The summed E-state index contributed by atoms with van der Waals surface area (Å²) in [6, 6.07) is 7.58. The molecule has 0 radical (unpaired) electrons. The van der Waals surface area contributed by atoms with Crippen molar-refractivity contribution in [2.45, 2.75) is 17.7 Å². The van der Waals surface area contributed by atoms with Crippen LogP contribution in [0.4, 0.5) is 10.8 Å². The molecule has 0 fully saturated rings. The normalized spacial score (nSPS) is 10.3. The van der Waals surface area contributed by atoms with Crippen molar-refractivity contribution in [1.29, 1.82) is 0 Å². The topological polar surface area (TPSA) is 110 Å². The van der Waals surface area contributed by atoms with Crippen LogP contribution in [-0.2, 0) is 16.0 Å². The maximum Gasteiger partial charge on any atom is 0.243 e. The molecule has 0 saturated heterocycles. The number of carbonyl (C=O) groups excluding carboxylic acids is 2. The molecular formula is C14H17N5O2S2. The summed E-state index contributed by atoms with van der Waals surface area (Å²) in [6.45, 7) is 1.94. The number of aromatic nitrogens is 2. The first kappa shape index (κ1) is 17.2. The lowest BCUT2D eigenvalue weighted by molar-refractivity contribution is -0.122. The summed E-state index contributed by atoms with van der Waals surface area (Å²) in [7, 11) is 0. The second-order valence-electron chi connectivity index (χ2n) is 4.53. The number of thioether (sulfide) groups is 1. The molecule has 0 spiro atoms. The zero-order valence-electron chi connectivity index (χ0n) is 12.5. The lowest BCUT2D eigenvalue weighted by Gasteiger charge is -2.10. The van der Waals surface area contributed by atoms with Crippen LogP contribution in [0.25, 0.3) is 0 Å². The fourth-order valence-electron chi connectivity index (χ4n) is 1.78. The molecule has 1 aromatic carbocycles. The number of nitrogens with zero attached hydrogens (tertiary/aromatic N) is 2. The SMILES string of the molecule is CCc1ccccc1NC(=O)CNC(=O)CSc1nnc(N)s1. The van der Waals surface area contributed by atoms with Gasteiger partial charge in [0.25, 0.3) is 0 Å². The van der Waals surface area contributed by atoms with Gasteiger partial charge in [-0.05, 0) is 18.1 Å². The number of rotatable bonds is 7. The van der Waals surface area contributed by atoms with Crippen molar-refractivity contribution in [2.24, 2.45) is 0 Å². The molecule has 1 aromatic heterocycles. The molecule has 0 unspecified atom stereocenters. The van der Waals surface area contributed by atoms with Crippen molar-refractivity contribution in [1.82, 2.24) is 15.5 Å². The molecule has 122 valence electrons. The van der Waals surface area contributed by atoms with Gasteiger partial charge in [0.15, 0.2) is 4.34 Å². The van der Waals surface area contributed by atoms with Gasteiger partial charge in [0.2, 0.25) is 16.9 Å². The molecular weight excluding hydrogens is 334 g/mol. The van der Waals surface area contributed by atoms with E-state index < -0.39 is 0 Å². The van der Waals surface area contributed by atoms with Crippen LogP contribution in [0.2, 0.25) is 0 Å². The Hall–Kier alpha value is -2.13. The van der Waals surface area contributed by atoms with Gasteiger partial charge in [0.05, 0.1) is 12.3 Å². The fourth-order valence-corrected chi connectivity index (χ4v) is 3.25. The predicted molar refractivity (Wildman–Crippen MR) is 92.5 cm³/mol. The first-order valence-corrected chi connectivity index (χ1v) is 8.75. The second-order valence-corrected chi connectivity index (χ2v) is 6.76. The van der Waals surface area contributed by atoms with Gasteiger partial charge in [-0.25, -0.2) is 0 Å². The van der Waals surface area contributed by atoms with Crippen molar-refractivity contribution in [2.75, 3.05) is 23.3 Å². The van der Waals surface area contributed by atoms with E-state index >= 15 is 0 Å². The van der Waals surface area contributed by atoms with E-state index in [1.54, 1.807) is 0 Å². The average molecular weight is 351 g/mol. The lowest BCUT2D eigenvalue weighted by Crippen LogP contribution is -2.34. The van der Waals surface area contributed by atoms with E-state index in [2.05, 4.69) is 20.8 Å². The molecule has 4 N–H and O–H groups in total. The highest BCUT2D eigenvalue weighted by Crippen LogP contribution is 2.22. The van der Waals surface area contributed by atoms with E-state index in [9.17, 15) is 9.59 Å². The van der Waals surface area contributed by atoms with Crippen LogP contribution in [0, 0.1) is 0 Å². The van der Waals surface area contributed by atoms with Crippen molar-refractivity contribution >= 4 is 45.7 Å². The maximum absolute atomic E-state index is 11.9. The maximum atomic E-state index is 11.9. The van der Waals surface area contributed by atoms with Crippen LogP contribution in [0.5, 0.6) is 0 Å². The molecule has 0 atom stereocenters. The monoisotopic (exact) mass is 351 g/mol. The number of nitrogens with one attached hydrogen (secondary N) is 2. The van der Waals surface area contributed by atoms with Gasteiger partial charge < -0.3 is 16.4 Å². The smallest absolute Gasteiger partial charge is 0.243 e. The highest BCUT2D eigenvalue weighted by atomic mass is 32.2. The number of nitrogens with two attached hydrogens (primary N) is 1. The number of benzene rings is 1. The third kappa shape index (κ3) is 5.53. The van der Waals surface area contributed by atoms with E-state index in [4.69, 9.17) is 5.73 Å². The fraction of sp³-hybridized carbons (Fsp3) is 0.286. The Morgan fingerprint density at radius 3 is 2.74 bits per heavy atom. The van der Waals surface area contributed by atoms with Crippen LogP contribution >= 0.6 is 23.1 Å². The van der Waals surface area contributed by atoms with Gasteiger partial charge in [-0.15, -0.1) is 10.2 Å². The van der Waals surface area contributed by atoms with Gasteiger partial charge in [-0.2, -0.15) is 0 Å². The zero-order chi connectivity index (χ0) is 16.7. The zero-order valence-corrected chi connectivity index (χ0v) is 14.2. The van der Waals surface area contributed by atoms with E-state index in [1.807, 2.05) is 31.2 Å². The molecule has 2 amide bonds. The molecule has 0 bridgehead atoms. The summed E-state index contributed by atoms with van der Waals surface area (Å²) in [4.78, 5) is 23.6. The number of anilines is 2. The summed E-state index contributed by atoms with van der Waals surface area (Å²) in [5.74, 6) is -0.347. The summed E-state index contributed by atoms with van der Waals surface area (Å²) in [5, 5.41) is 13.2. The van der Waals surface area contributed by atoms with Crippen molar-refractivity contribution < 1.29 is 9.59 Å². The third-order valence-electron chi connectivity index (χ3n) is 2.87. The van der Waals surface area contributed by atoms with E-state index in [0.717, 1.165) is 17.7 Å². The molecule has 0 aliphatic heterocycles. The van der Waals surface area contributed by atoms with E-state index in [0.29, 0.717) is 9.47 Å². The van der Waals surface area contributed by atoms with Gasteiger partial charge >= 0.3 is 0 Å².